The van der Waals surface area contributed by atoms with E-state index in [2.05, 4.69) is 10.6 Å². The molecule has 0 heterocycles. The molecule has 130 valence electrons. The molecule has 1 amide bonds. The van der Waals surface area contributed by atoms with Gasteiger partial charge in [0.25, 0.3) is 0 Å². The van der Waals surface area contributed by atoms with Crippen LogP contribution < -0.4 is 10.6 Å². The topological polar surface area (TPSA) is 61.4 Å². The Kier molecular flexibility index (Phi) is 6.96. The van der Waals surface area contributed by atoms with E-state index in [4.69, 9.17) is 0 Å². The predicted octanol–water partition coefficient (Wildman–Crippen LogP) is 2.69. The van der Waals surface area contributed by atoms with Crippen molar-refractivity contribution < 1.29 is 27.5 Å². The molecule has 0 fully saturated rings. The summed E-state index contributed by atoms with van der Waals surface area (Å²) in [5.74, 6) is -1.33. The van der Waals surface area contributed by atoms with Gasteiger partial charge in [0.2, 0.25) is 5.91 Å². The maximum Gasteiger partial charge on any atom is 0.415 e. The zero-order valence-electron chi connectivity index (χ0n) is 12.8. The van der Waals surface area contributed by atoms with Gasteiger partial charge in [-0.05, 0) is 30.2 Å². The lowest BCUT2D eigenvalue weighted by molar-refractivity contribution is -0.215. The van der Waals surface area contributed by atoms with Gasteiger partial charge in [-0.3, -0.25) is 4.79 Å². The number of rotatable bonds is 7. The number of aliphatic hydroxyl groups is 1. The Balaban J connectivity index is 2.46. The van der Waals surface area contributed by atoms with Gasteiger partial charge in [-0.25, -0.2) is 4.39 Å². The highest BCUT2D eigenvalue weighted by Crippen LogP contribution is 2.25. The molecule has 0 aliphatic rings. The maximum absolute atomic E-state index is 12.7. The van der Waals surface area contributed by atoms with Crippen LogP contribution in [0.1, 0.15) is 20.3 Å². The number of amides is 1. The van der Waals surface area contributed by atoms with E-state index >= 15 is 0 Å². The van der Waals surface area contributed by atoms with Crippen LogP contribution in [0.5, 0.6) is 0 Å². The smallest absolute Gasteiger partial charge is 0.382 e. The highest BCUT2D eigenvalue weighted by molar-refractivity contribution is 5.90. The predicted molar refractivity (Wildman–Crippen MR) is 78.3 cm³/mol. The number of benzene rings is 1. The second-order valence-corrected chi connectivity index (χ2v) is 5.52. The molecule has 0 saturated heterocycles. The largest absolute Gasteiger partial charge is 0.415 e. The molecule has 0 aliphatic heterocycles. The average Bonchev–Trinajstić information content (AvgIpc) is 2.44. The molecule has 0 spiro atoms. The van der Waals surface area contributed by atoms with Gasteiger partial charge in [-0.15, -0.1) is 0 Å². The maximum atomic E-state index is 12.7. The molecule has 2 atom stereocenters. The minimum atomic E-state index is -4.72. The number of hydrogen-bond donors (Lipinski definition) is 3. The molecule has 0 unspecified atom stereocenters. The van der Waals surface area contributed by atoms with Crippen LogP contribution in [-0.4, -0.2) is 35.9 Å². The molecule has 0 aromatic heterocycles. The zero-order chi connectivity index (χ0) is 17.6. The van der Waals surface area contributed by atoms with Crippen LogP contribution in [0.3, 0.4) is 0 Å². The van der Waals surface area contributed by atoms with Crippen LogP contribution in [0.15, 0.2) is 24.3 Å². The lowest BCUT2D eigenvalue weighted by atomic mass is 9.98. The third-order valence-corrected chi connectivity index (χ3v) is 3.25. The molecule has 0 saturated carbocycles. The van der Waals surface area contributed by atoms with Crippen LogP contribution >= 0.6 is 0 Å². The van der Waals surface area contributed by atoms with Gasteiger partial charge < -0.3 is 15.7 Å². The summed E-state index contributed by atoms with van der Waals surface area (Å²) in [6.07, 6.45) is -7.30. The molecule has 4 nitrogen and oxygen atoms in total. The molecule has 3 N–H and O–H groups in total. The summed E-state index contributed by atoms with van der Waals surface area (Å²) in [4.78, 5) is 11.7. The number of alkyl halides is 3. The Morgan fingerprint density at radius 1 is 1.22 bits per heavy atom. The molecule has 23 heavy (non-hydrogen) atoms. The van der Waals surface area contributed by atoms with Crippen LogP contribution in [0.25, 0.3) is 0 Å². The minimum absolute atomic E-state index is 0.0248. The number of carbonyl (C=O) groups excluding carboxylic acids is 1. The minimum Gasteiger partial charge on any atom is -0.382 e. The molecular formula is C15H20F4N2O2. The molecular weight excluding hydrogens is 316 g/mol. The first kappa shape index (κ1) is 19.4. The molecule has 1 aromatic carbocycles. The van der Waals surface area contributed by atoms with Crippen molar-refractivity contribution in [3.8, 4) is 0 Å². The first-order valence-electron chi connectivity index (χ1n) is 7.15. The lowest BCUT2D eigenvalue weighted by Gasteiger charge is -2.28. The summed E-state index contributed by atoms with van der Waals surface area (Å²) in [7, 11) is 0. The number of carbonyl (C=O) groups is 1. The Bertz CT molecular complexity index is 503. The number of halogens is 4. The van der Waals surface area contributed by atoms with Gasteiger partial charge >= 0.3 is 6.18 Å². The average molecular weight is 336 g/mol. The molecule has 0 radical (unpaired) electrons. The number of nitrogens with one attached hydrogen (secondary N) is 2. The van der Waals surface area contributed by atoms with Crippen LogP contribution in [-0.2, 0) is 4.79 Å². The number of hydrogen-bond acceptors (Lipinski definition) is 3. The molecule has 1 aromatic rings. The standard InChI is InChI=1S/C15H20F4N2O2/c1-9(2)13(14(23)15(17,18)19)20-8-7-12(22)21-11-5-3-10(16)4-6-11/h3-6,9,13-14,20,23H,7-8H2,1-2H3,(H,21,22)/t13-,14-/m0/s1. The van der Waals surface area contributed by atoms with Gasteiger partial charge in [0.05, 0.1) is 0 Å². The summed E-state index contributed by atoms with van der Waals surface area (Å²) in [6, 6.07) is 3.93. The van der Waals surface area contributed by atoms with Crippen molar-refractivity contribution in [2.75, 3.05) is 11.9 Å². The zero-order valence-corrected chi connectivity index (χ0v) is 12.8. The van der Waals surface area contributed by atoms with Crippen LogP contribution in [0.4, 0.5) is 23.2 Å². The fraction of sp³-hybridized carbons (Fsp3) is 0.533. The fourth-order valence-corrected chi connectivity index (χ4v) is 2.02. The molecule has 8 heteroatoms. The fourth-order valence-electron chi connectivity index (χ4n) is 2.02. The second-order valence-electron chi connectivity index (χ2n) is 5.52. The van der Waals surface area contributed by atoms with Crippen molar-refractivity contribution >= 4 is 11.6 Å². The lowest BCUT2D eigenvalue weighted by Crippen LogP contribution is -2.51. The summed E-state index contributed by atoms with van der Waals surface area (Å²) in [5, 5.41) is 14.4. The molecule has 0 aliphatic carbocycles. The SMILES string of the molecule is CC(C)[C@H](NCCC(=O)Nc1ccc(F)cc1)[C@H](O)C(F)(F)F. The Hall–Kier alpha value is -1.67. The van der Waals surface area contributed by atoms with Crippen molar-refractivity contribution in [2.24, 2.45) is 5.92 Å². The van der Waals surface area contributed by atoms with E-state index in [1.165, 1.54) is 24.3 Å². The Labute approximate surface area is 131 Å². The van der Waals surface area contributed by atoms with E-state index in [1.54, 1.807) is 13.8 Å². The van der Waals surface area contributed by atoms with E-state index in [1.807, 2.05) is 0 Å². The first-order chi connectivity index (χ1) is 10.6. The number of aliphatic hydroxyl groups excluding tert-OH is 1. The van der Waals surface area contributed by atoms with Crippen molar-refractivity contribution in [3.63, 3.8) is 0 Å². The van der Waals surface area contributed by atoms with Crippen LogP contribution in [0, 0.1) is 11.7 Å². The van der Waals surface area contributed by atoms with E-state index in [0.29, 0.717) is 5.69 Å². The van der Waals surface area contributed by atoms with Gasteiger partial charge in [0, 0.05) is 24.7 Å². The van der Waals surface area contributed by atoms with Gasteiger partial charge in [-0.1, -0.05) is 13.8 Å². The molecule has 0 bridgehead atoms. The van der Waals surface area contributed by atoms with E-state index in [9.17, 15) is 27.5 Å². The van der Waals surface area contributed by atoms with Gasteiger partial charge in [-0.2, -0.15) is 13.2 Å². The molecule has 1 rings (SSSR count). The summed E-state index contributed by atoms with van der Waals surface area (Å²) < 4.78 is 50.4. The third-order valence-electron chi connectivity index (χ3n) is 3.25. The summed E-state index contributed by atoms with van der Waals surface area (Å²) >= 11 is 0. The van der Waals surface area contributed by atoms with E-state index in [-0.39, 0.29) is 13.0 Å². The highest BCUT2D eigenvalue weighted by atomic mass is 19.4. The van der Waals surface area contributed by atoms with Crippen molar-refractivity contribution in [2.45, 2.75) is 38.6 Å². The van der Waals surface area contributed by atoms with Crippen molar-refractivity contribution in [3.05, 3.63) is 30.1 Å². The second kappa shape index (κ2) is 8.26. The first-order valence-corrected chi connectivity index (χ1v) is 7.15. The van der Waals surface area contributed by atoms with E-state index < -0.39 is 36.0 Å². The van der Waals surface area contributed by atoms with E-state index in [0.717, 1.165) is 0 Å². The van der Waals surface area contributed by atoms with Crippen molar-refractivity contribution in [1.29, 1.82) is 0 Å². The Morgan fingerprint density at radius 2 is 1.78 bits per heavy atom. The Morgan fingerprint density at radius 3 is 2.26 bits per heavy atom. The van der Waals surface area contributed by atoms with Crippen molar-refractivity contribution in [1.82, 2.24) is 5.32 Å². The van der Waals surface area contributed by atoms with Gasteiger partial charge in [0.15, 0.2) is 6.10 Å². The summed E-state index contributed by atoms with van der Waals surface area (Å²) in [6.45, 7) is 3.07. The normalized spacial score (nSPS) is 14.6. The van der Waals surface area contributed by atoms with Crippen LogP contribution in [0.2, 0.25) is 0 Å². The summed E-state index contributed by atoms with van der Waals surface area (Å²) in [5.41, 5.74) is 0.395. The van der Waals surface area contributed by atoms with Gasteiger partial charge in [0.1, 0.15) is 5.82 Å². The third kappa shape index (κ3) is 6.54. The number of anilines is 1. The monoisotopic (exact) mass is 336 g/mol. The highest BCUT2D eigenvalue weighted by Gasteiger charge is 2.44. The quantitative estimate of drug-likeness (QED) is 0.671.